The molecule has 0 spiro atoms. The zero-order valence-corrected chi connectivity index (χ0v) is 16.8. The van der Waals surface area contributed by atoms with Crippen molar-refractivity contribution in [3.63, 3.8) is 0 Å². The lowest BCUT2D eigenvalue weighted by atomic mass is 9.89. The fourth-order valence-electron chi connectivity index (χ4n) is 4.51. The highest BCUT2D eigenvalue weighted by molar-refractivity contribution is 6.48. The van der Waals surface area contributed by atoms with E-state index >= 15 is 0 Å². The molecule has 0 aromatic carbocycles. The van der Waals surface area contributed by atoms with Gasteiger partial charge in [0.25, 0.3) is 9.20 Å². The highest BCUT2D eigenvalue weighted by atomic mass is 28.3. The lowest BCUT2D eigenvalue weighted by molar-refractivity contribution is 0.0855. The Bertz CT molecular complexity index is 273. The lowest BCUT2D eigenvalue weighted by Gasteiger charge is -2.42. The van der Waals surface area contributed by atoms with Crippen LogP contribution in [0.3, 0.4) is 0 Å². The van der Waals surface area contributed by atoms with Gasteiger partial charge in [0.2, 0.25) is 0 Å². The van der Waals surface area contributed by atoms with Gasteiger partial charge >= 0.3 is 0 Å². The normalized spacial score (nSPS) is 22.6. The molecule has 136 valence electrons. The van der Waals surface area contributed by atoms with Gasteiger partial charge in [-0.1, -0.05) is 45.4 Å². The van der Waals surface area contributed by atoms with Crippen LogP contribution in [0.25, 0.3) is 0 Å². The largest absolute Gasteiger partial charge is 0.406 e. The summed E-state index contributed by atoms with van der Waals surface area (Å²) < 4.78 is 6.07. The lowest BCUT2D eigenvalue weighted by Crippen LogP contribution is -2.48. The van der Waals surface area contributed by atoms with Gasteiger partial charge in [0.05, 0.1) is 0 Å². The van der Waals surface area contributed by atoms with Crippen molar-refractivity contribution in [2.45, 2.75) is 103 Å². The number of nitrogens with zero attached hydrogens (tertiary/aromatic N) is 1. The zero-order chi connectivity index (χ0) is 16.3. The first kappa shape index (κ1) is 19.4. The van der Waals surface area contributed by atoms with Crippen LogP contribution in [-0.2, 0) is 4.43 Å². The SMILES string of the molecule is CCCN[SiH](CCN(C1CCCCC1)C1CCCCC1)OCC. The Labute approximate surface area is 146 Å². The minimum absolute atomic E-state index is 0.870. The maximum absolute atomic E-state index is 6.07. The fourth-order valence-corrected chi connectivity index (χ4v) is 6.54. The van der Waals surface area contributed by atoms with Crippen molar-refractivity contribution in [1.29, 1.82) is 0 Å². The van der Waals surface area contributed by atoms with Crippen LogP contribution in [0.4, 0.5) is 0 Å². The summed E-state index contributed by atoms with van der Waals surface area (Å²) in [5, 5.41) is 0. The molecule has 3 nitrogen and oxygen atoms in total. The van der Waals surface area contributed by atoms with E-state index in [2.05, 4.69) is 23.7 Å². The summed E-state index contributed by atoms with van der Waals surface area (Å²) >= 11 is 0. The third-order valence-corrected chi connectivity index (χ3v) is 7.99. The van der Waals surface area contributed by atoms with E-state index in [4.69, 9.17) is 4.43 Å². The fraction of sp³-hybridized carbons (Fsp3) is 1.00. The molecular formula is C19H40N2OSi. The van der Waals surface area contributed by atoms with Crippen molar-refractivity contribution in [3.8, 4) is 0 Å². The average Bonchev–Trinajstić information content (AvgIpc) is 2.61. The summed E-state index contributed by atoms with van der Waals surface area (Å²) in [6, 6.07) is 3.02. The molecule has 2 saturated carbocycles. The highest BCUT2D eigenvalue weighted by Gasteiger charge is 2.29. The maximum Gasteiger partial charge on any atom is 0.253 e. The van der Waals surface area contributed by atoms with Gasteiger partial charge in [0.1, 0.15) is 0 Å². The molecule has 0 aliphatic heterocycles. The van der Waals surface area contributed by atoms with Gasteiger partial charge in [-0.15, -0.1) is 0 Å². The third-order valence-electron chi connectivity index (χ3n) is 5.73. The van der Waals surface area contributed by atoms with Crippen LogP contribution in [0.1, 0.15) is 84.5 Å². The quantitative estimate of drug-likeness (QED) is 0.603. The van der Waals surface area contributed by atoms with Crippen LogP contribution in [0.15, 0.2) is 0 Å². The zero-order valence-electron chi connectivity index (χ0n) is 15.7. The number of nitrogens with one attached hydrogen (secondary N) is 1. The Morgan fingerprint density at radius 2 is 1.48 bits per heavy atom. The second-order valence-electron chi connectivity index (χ2n) is 7.51. The van der Waals surface area contributed by atoms with E-state index in [1.165, 1.54) is 83.2 Å². The Hall–Kier alpha value is 0.0969. The monoisotopic (exact) mass is 340 g/mol. The second kappa shape index (κ2) is 11.6. The Balaban J connectivity index is 1.89. The summed E-state index contributed by atoms with van der Waals surface area (Å²) in [7, 11) is -1.21. The van der Waals surface area contributed by atoms with Crippen LogP contribution in [0.2, 0.25) is 6.04 Å². The van der Waals surface area contributed by atoms with Crippen LogP contribution < -0.4 is 4.98 Å². The first-order chi connectivity index (χ1) is 11.3. The topological polar surface area (TPSA) is 24.5 Å². The summed E-state index contributed by atoms with van der Waals surface area (Å²) in [4.78, 5) is 6.66. The first-order valence-electron chi connectivity index (χ1n) is 10.5. The van der Waals surface area contributed by atoms with E-state index in [-0.39, 0.29) is 0 Å². The Kier molecular flexibility index (Phi) is 9.81. The summed E-state index contributed by atoms with van der Waals surface area (Å²) in [6.45, 7) is 7.68. The standard InChI is InChI=1S/C19H40N2OSi/c1-3-15-20-23(22-4-2)17-16-21(18-11-7-5-8-12-18)19-13-9-6-10-14-19/h18-20,23H,3-17H2,1-2H3. The van der Waals surface area contributed by atoms with Crippen LogP contribution in [-0.4, -0.2) is 45.9 Å². The van der Waals surface area contributed by atoms with Gasteiger partial charge < -0.3 is 9.41 Å². The van der Waals surface area contributed by atoms with E-state index in [0.717, 1.165) is 25.2 Å². The van der Waals surface area contributed by atoms with Gasteiger partial charge in [0, 0.05) is 18.7 Å². The van der Waals surface area contributed by atoms with E-state index in [9.17, 15) is 0 Å². The number of hydrogen-bond donors (Lipinski definition) is 1. The third kappa shape index (κ3) is 6.85. The molecule has 23 heavy (non-hydrogen) atoms. The van der Waals surface area contributed by atoms with Gasteiger partial charge in [-0.2, -0.15) is 0 Å². The van der Waals surface area contributed by atoms with E-state index < -0.39 is 9.20 Å². The predicted molar refractivity (Wildman–Crippen MR) is 102 cm³/mol. The molecule has 0 aromatic rings. The second-order valence-corrected chi connectivity index (χ2v) is 9.80. The summed E-state index contributed by atoms with van der Waals surface area (Å²) in [5.41, 5.74) is 0. The number of hydrogen-bond acceptors (Lipinski definition) is 3. The summed E-state index contributed by atoms with van der Waals surface area (Å²) in [5.74, 6) is 0. The molecule has 4 heteroatoms. The molecule has 1 atom stereocenters. The van der Waals surface area contributed by atoms with Crippen molar-refractivity contribution < 1.29 is 4.43 Å². The van der Waals surface area contributed by atoms with Crippen molar-refractivity contribution in [2.75, 3.05) is 19.7 Å². The molecule has 2 aliphatic rings. The van der Waals surface area contributed by atoms with Crippen LogP contribution >= 0.6 is 0 Å². The average molecular weight is 341 g/mol. The van der Waals surface area contributed by atoms with Gasteiger partial charge in [0.15, 0.2) is 0 Å². The molecule has 2 rings (SSSR count). The van der Waals surface area contributed by atoms with Crippen LogP contribution in [0.5, 0.6) is 0 Å². The predicted octanol–water partition coefficient (Wildman–Crippen LogP) is 4.21. The van der Waals surface area contributed by atoms with Gasteiger partial charge in [-0.25, -0.2) is 0 Å². The molecule has 0 saturated heterocycles. The smallest absolute Gasteiger partial charge is 0.253 e. The van der Waals surface area contributed by atoms with Gasteiger partial charge in [-0.05, 0) is 58.2 Å². The molecular weight excluding hydrogens is 300 g/mol. The first-order valence-corrected chi connectivity index (χ1v) is 12.3. The van der Waals surface area contributed by atoms with E-state index in [1.807, 2.05) is 0 Å². The molecule has 0 bridgehead atoms. The van der Waals surface area contributed by atoms with Crippen molar-refractivity contribution in [3.05, 3.63) is 0 Å². The molecule has 0 heterocycles. The van der Waals surface area contributed by atoms with E-state index in [1.54, 1.807) is 0 Å². The molecule has 0 amide bonds. The minimum atomic E-state index is -1.21. The summed E-state index contributed by atoms with van der Waals surface area (Å²) in [6.07, 6.45) is 15.7. The maximum atomic E-state index is 6.07. The molecule has 1 N–H and O–H groups in total. The molecule has 0 radical (unpaired) electrons. The Morgan fingerprint density at radius 1 is 0.913 bits per heavy atom. The Morgan fingerprint density at radius 3 is 1.96 bits per heavy atom. The molecule has 2 aliphatic carbocycles. The van der Waals surface area contributed by atoms with Crippen molar-refractivity contribution in [2.24, 2.45) is 0 Å². The van der Waals surface area contributed by atoms with Gasteiger partial charge in [-0.3, -0.25) is 4.90 Å². The molecule has 2 fully saturated rings. The molecule has 1 unspecified atom stereocenters. The number of rotatable bonds is 10. The van der Waals surface area contributed by atoms with Crippen molar-refractivity contribution >= 4 is 9.20 Å². The van der Waals surface area contributed by atoms with Crippen molar-refractivity contribution in [1.82, 2.24) is 9.88 Å². The highest BCUT2D eigenvalue weighted by Crippen LogP contribution is 2.30. The van der Waals surface area contributed by atoms with E-state index in [0.29, 0.717) is 0 Å². The molecule has 0 aromatic heterocycles. The van der Waals surface area contributed by atoms with Crippen LogP contribution in [0, 0.1) is 0 Å². The minimum Gasteiger partial charge on any atom is -0.406 e.